The number of hydrogen-bond donors (Lipinski definition) is 1. The molecule has 3 aromatic rings. The Labute approximate surface area is 171 Å². The first-order valence-corrected chi connectivity index (χ1v) is 10.3. The van der Waals surface area contributed by atoms with E-state index in [1.807, 2.05) is 17.9 Å². The number of nitrogens with one attached hydrogen (secondary N) is 1. The van der Waals surface area contributed by atoms with E-state index < -0.39 is 0 Å². The van der Waals surface area contributed by atoms with Crippen LogP contribution in [0.5, 0.6) is 0 Å². The number of benzene rings is 2. The summed E-state index contributed by atoms with van der Waals surface area (Å²) in [4.78, 5) is 2.38. The van der Waals surface area contributed by atoms with Gasteiger partial charge in [0.05, 0.1) is 19.4 Å². The van der Waals surface area contributed by atoms with Crippen LogP contribution < -0.4 is 10.2 Å². The Morgan fingerprint density at radius 2 is 1.86 bits per heavy atom. The quantitative estimate of drug-likeness (QED) is 0.710. The van der Waals surface area contributed by atoms with Gasteiger partial charge in [0, 0.05) is 49.0 Å². The monoisotopic (exact) mass is 386 g/mol. The third kappa shape index (κ3) is 3.78. The van der Waals surface area contributed by atoms with E-state index in [-0.39, 0.29) is 0 Å². The summed E-state index contributed by atoms with van der Waals surface area (Å²) in [7, 11) is 1.96. The normalized spacial score (nSPS) is 16.0. The molecule has 5 rings (SSSR count). The van der Waals surface area contributed by atoms with Crippen LogP contribution in [0, 0.1) is 0 Å². The van der Waals surface area contributed by atoms with Crippen molar-refractivity contribution in [3.05, 3.63) is 66.0 Å². The summed E-state index contributed by atoms with van der Waals surface area (Å²) in [6.45, 7) is 3.53. The number of ether oxygens (including phenoxy) is 1. The Bertz CT molecular complexity index is 1030. The van der Waals surface area contributed by atoms with Crippen molar-refractivity contribution in [2.24, 2.45) is 7.05 Å². The van der Waals surface area contributed by atoms with Crippen LogP contribution in [-0.2, 0) is 18.2 Å². The molecule has 0 amide bonds. The minimum atomic E-state index is 0.806. The summed E-state index contributed by atoms with van der Waals surface area (Å²) in [5.41, 5.74) is 8.57. The first-order chi connectivity index (χ1) is 14.3. The molecular weight excluding hydrogens is 360 g/mol. The smallest absolute Gasteiger partial charge is 0.0642 e. The van der Waals surface area contributed by atoms with E-state index in [4.69, 9.17) is 4.74 Å². The van der Waals surface area contributed by atoms with Crippen LogP contribution in [0.2, 0.25) is 0 Å². The molecule has 0 bridgehead atoms. The van der Waals surface area contributed by atoms with Gasteiger partial charge >= 0.3 is 0 Å². The topological polar surface area (TPSA) is 42.3 Å². The maximum Gasteiger partial charge on any atom is 0.0642 e. The van der Waals surface area contributed by atoms with Gasteiger partial charge in [0.1, 0.15) is 0 Å². The van der Waals surface area contributed by atoms with Crippen molar-refractivity contribution in [1.29, 1.82) is 0 Å². The lowest BCUT2D eigenvalue weighted by atomic mass is 9.92. The molecule has 1 aliphatic heterocycles. The number of rotatable bonds is 4. The van der Waals surface area contributed by atoms with Crippen LogP contribution >= 0.6 is 0 Å². The average Bonchev–Trinajstić information content (AvgIpc) is 3.21. The molecule has 0 radical (unpaired) electrons. The molecule has 0 atom stereocenters. The molecule has 0 unspecified atom stereocenters. The maximum atomic E-state index is 5.46. The van der Waals surface area contributed by atoms with Crippen molar-refractivity contribution in [1.82, 2.24) is 9.78 Å². The molecule has 2 heterocycles. The molecule has 1 aliphatic carbocycles. The van der Waals surface area contributed by atoms with Gasteiger partial charge in [0.25, 0.3) is 0 Å². The molecule has 2 aliphatic rings. The van der Waals surface area contributed by atoms with Crippen LogP contribution in [0.15, 0.2) is 54.9 Å². The van der Waals surface area contributed by atoms with Crippen LogP contribution in [0.1, 0.15) is 17.5 Å². The van der Waals surface area contributed by atoms with Crippen molar-refractivity contribution in [2.45, 2.75) is 12.8 Å². The number of aromatic nitrogens is 2. The van der Waals surface area contributed by atoms with E-state index in [1.54, 1.807) is 0 Å². The summed E-state index contributed by atoms with van der Waals surface area (Å²) in [6.07, 6.45) is 10.6. The lowest BCUT2D eigenvalue weighted by molar-refractivity contribution is 0.122. The Kier molecular flexibility index (Phi) is 4.82. The molecule has 0 saturated carbocycles. The van der Waals surface area contributed by atoms with Gasteiger partial charge in [0.2, 0.25) is 0 Å². The summed E-state index contributed by atoms with van der Waals surface area (Å²) in [5, 5.41) is 8.01. The molecule has 1 saturated heterocycles. The number of anilines is 3. The zero-order valence-electron chi connectivity index (χ0n) is 16.8. The standard InChI is InChI=1S/C24H26N4O/c1-27-17-20(16-25-27)19-14-18-4-2-3-5-23(18)24(15-19)26-21-6-8-22(9-7-21)28-10-12-29-13-11-28/h2,4,6-9,14-17,26H,3,5,10-13H2,1H3. The number of morpholine rings is 1. The minimum Gasteiger partial charge on any atom is -0.378 e. The van der Waals surface area contributed by atoms with Gasteiger partial charge in [-0.05, 0) is 65.9 Å². The van der Waals surface area contributed by atoms with Gasteiger partial charge in [-0.2, -0.15) is 5.10 Å². The summed E-state index contributed by atoms with van der Waals surface area (Å²) >= 11 is 0. The molecule has 5 nitrogen and oxygen atoms in total. The largest absolute Gasteiger partial charge is 0.378 e. The average molecular weight is 386 g/mol. The number of nitrogens with zero attached hydrogens (tertiary/aromatic N) is 3. The van der Waals surface area contributed by atoms with Crippen molar-refractivity contribution in [2.75, 3.05) is 36.5 Å². The van der Waals surface area contributed by atoms with E-state index in [0.29, 0.717) is 0 Å². The van der Waals surface area contributed by atoms with Crippen LogP contribution in [0.4, 0.5) is 17.1 Å². The Hall–Kier alpha value is -3.05. The first kappa shape index (κ1) is 18.0. The molecule has 0 spiro atoms. The third-order valence-corrected chi connectivity index (χ3v) is 5.70. The van der Waals surface area contributed by atoms with E-state index >= 15 is 0 Å². The summed E-state index contributed by atoms with van der Waals surface area (Å²) < 4.78 is 7.31. The van der Waals surface area contributed by atoms with E-state index in [9.17, 15) is 0 Å². The van der Waals surface area contributed by atoms with Crippen molar-refractivity contribution in [3.63, 3.8) is 0 Å². The molecule has 1 fully saturated rings. The lowest BCUT2D eigenvalue weighted by Crippen LogP contribution is -2.36. The van der Waals surface area contributed by atoms with Gasteiger partial charge in [-0.25, -0.2) is 0 Å². The molecule has 148 valence electrons. The van der Waals surface area contributed by atoms with E-state index in [0.717, 1.165) is 50.4 Å². The Morgan fingerprint density at radius 1 is 1.03 bits per heavy atom. The molecular formula is C24H26N4O. The fourth-order valence-electron chi connectivity index (χ4n) is 4.14. The summed E-state index contributed by atoms with van der Waals surface area (Å²) in [5.74, 6) is 0. The van der Waals surface area contributed by atoms with Gasteiger partial charge in [0.15, 0.2) is 0 Å². The van der Waals surface area contributed by atoms with E-state index in [1.165, 1.54) is 28.1 Å². The number of aryl methyl sites for hydroxylation is 1. The summed E-state index contributed by atoms with van der Waals surface area (Å²) in [6, 6.07) is 13.3. The maximum absolute atomic E-state index is 5.46. The van der Waals surface area contributed by atoms with E-state index in [2.05, 4.69) is 70.1 Å². The van der Waals surface area contributed by atoms with Crippen molar-refractivity contribution in [3.8, 4) is 11.1 Å². The SMILES string of the molecule is Cn1cc(-c2cc3c(c(Nc4ccc(N5CCOCC5)cc4)c2)CCC=C3)cn1. The van der Waals surface area contributed by atoms with Gasteiger partial charge < -0.3 is 15.0 Å². The number of allylic oxidation sites excluding steroid dienone is 1. The Balaban J connectivity index is 1.45. The molecule has 1 aromatic heterocycles. The number of hydrogen-bond acceptors (Lipinski definition) is 4. The van der Waals surface area contributed by atoms with Gasteiger partial charge in [-0.15, -0.1) is 0 Å². The second-order valence-corrected chi connectivity index (χ2v) is 7.71. The zero-order chi connectivity index (χ0) is 19.6. The highest BCUT2D eigenvalue weighted by Crippen LogP contribution is 2.34. The molecule has 2 aromatic carbocycles. The highest BCUT2D eigenvalue weighted by Gasteiger charge is 2.15. The predicted molar refractivity (Wildman–Crippen MR) is 119 cm³/mol. The molecule has 29 heavy (non-hydrogen) atoms. The van der Waals surface area contributed by atoms with Crippen LogP contribution in [0.25, 0.3) is 17.2 Å². The Morgan fingerprint density at radius 3 is 2.62 bits per heavy atom. The predicted octanol–water partition coefficient (Wildman–Crippen LogP) is 4.63. The van der Waals surface area contributed by atoms with Crippen molar-refractivity contribution < 1.29 is 4.74 Å². The second-order valence-electron chi connectivity index (χ2n) is 7.71. The first-order valence-electron chi connectivity index (χ1n) is 10.3. The highest BCUT2D eigenvalue weighted by molar-refractivity contribution is 5.79. The van der Waals surface area contributed by atoms with Crippen LogP contribution in [-0.4, -0.2) is 36.1 Å². The van der Waals surface area contributed by atoms with Crippen molar-refractivity contribution >= 4 is 23.1 Å². The number of fused-ring (bicyclic) bond motifs is 1. The lowest BCUT2D eigenvalue weighted by Gasteiger charge is -2.29. The minimum absolute atomic E-state index is 0.806. The van der Waals surface area contributed by atoms with Gasteiger partial charge in [-0.3, -0.25) is 4.68 Å². The zero-order valence-corrected chi connectivity index (χ0v) is 16.8. The highest BCUT2D eigenvalue weighted by atomic mass is 16.5. The second kappa shape index (κ2) is 7.76. The fraction of sp³-hybridized carbons (Fsp3) is 0.292. The molecule has 5 heteroatoms. The van der Waals surface area contributed by atoms with Crippen LogP contribution in [0.3, 0.4) is 0 Å². The molecule has 1 N–H and O–H groups in total. The van der Waals surface area contributed by atoms with Gasteiger partial charge in [-0.1, -0.05) is 12.2 Å². The third-order valence-electron chi connectivity index (χ3n) is 5.70. The fourth-order valence-corrected chi connectivity index (χ4v) is 4.14.